The SMILES string of the molecule is N#Cc1ccc(-c2cccc(C(=O)CC(=O)Nc3cccc(C(F)(F)F)c3)c2)cn1. The number of carbonyl (C=O) groups excluding carboxylic acids is 2. The smallest absolute Gasteiger partial charge is 0.326 e. The van der Waals surface area contributed by atoms with E-state index in [9.17, 15) is 22.8 Å². The number of nitrogens with one attached hydrogen (secondary N) is 1. The second kappa shape index (κ2) is 8.57. The minimum absolute atomic E-state index is 0.0416. The lowest BCUT2D eigenvalue weighted by molar-refractivity contribution is -0.137. The highest BCUT2D eigenvalue weighted by Crippen LogP contribution is 2.30. The van der Waals surface area contributed by atoms with E-state index in [0.717, 1.165) is 12.1 Å². The van der Waals surface area contributed by atoms with E-state index in [1.807, 2.05) is 6.07 Å². The van der Waals surface area contributed by atoms with Crippen LogP contribution in [-0.4, -0.2) is 16.7 Å². The van der Waals surface area contributed by atoms with E-state index in [-0.39, 0.29) is 16.9 Å². The van der Waals surface area contributed by atoms with Crippen molar-refractivity contribution >= 4 is 17.4 Å². The summed E-state index contributed by atoms with van der Waals surface area (Å²) < 4.78 is 38.3. The van der Waals surface area contributed by atoms with Crippen molar-refractivity contribution in [2.24, 2.45) is 0 Å². The molecule has 0 unspecified atom stereocenters. The summed E-state index contributed by atoms with van der Waals surface area (Å²) in [5.74, 6) is -1.20. The summed E-state index contributed by atoms with van der Waals surface area (Å²) in [6.07, 6.45) is -3.55. The fourth-order valence-electron chi connectivity index (χ4n) is 2.73. The monoisotopic (exact) mass is 409 g/mol. The van der Waals surface area contributed by atoms with Gasteiger partial charge in [0.1, 0.15) is 11.8 Å². The van der Waals surface area contributed by atoms with Crippen molar-refractivity contribution in [2.45, 2.75) is 12.6 Å². The molecule has 30 heavy (non-hydrogen) atoms. The minimum Gasteiger partial charge on any atom is -0.326 e. The highest BCUT2D eigenvalue weighted by molar-refractivity contribution is 6.11. The summed E-state index contributed by atoms with van der Waals surface area (Å²) in [5.41, 5.74) is 0.969. The molecule has 3 rings (SSSR count). The molecular weight excluding hydrogens is 395 g/mol. The zero-order valence-electron chi connectivity index (χ0n) is 15.4. The third kappa shape index (κ3) is 5.08. The molecule has 2 aromatic carbocycles. The molecule has 0 aliphatic rings. The Bertz CT molecular complexity index is 1130. The van der Waals surface area contributed by atoms with Gasteiger partial charge in [0.25, 0.3) is 0 Å². The van der Waals surface area contributed by atoms with Crippen molar-refractivity contribution in [1.29, 1.82) is 5.26 Å². The molecule has 0 fully saturated rings. The first kappa shape index (κ1) is 20.7. The minimum atomic E-state index is -4.53. The van der Waals surface area contributed by atoms with Crippen LogP contribution in [-0.2, 0) is 11.0 Å². The normalized spacial score (nSPS) is 10.9. The molecule has 0 spiro atoms. The first-order chi connectivity index (χ1) is 14.3. The number of anilines is 1. The first-order valence-corrected chi connectivity index (χ1v) is 8.73. The van der Waals surface area contributed by atoms with Crippen LogP contribution in [0.25, 0.3) is 11.1 Å². The van der Waals surface area contributed by atoms with E-state index in [0.29, 0.717) is 11.1 Å². The Balaban J connectivity index is 1.70. The maximum absolute atomic E-state index is 12.8. The van der Waals surface area contributed by atoms with Crippen LogP contribution in [0.2, 0.25) is 0 Å². The van der Waals surface area contributed by atoms with Gasteiger partial charge in [0, 0.05) is 23.0 Å². The average molecular weight is 409 g/mol. The van der Waals surface area contributed by atoms with Crippen molar-refractivity contribution in [3.8, 4) is 17.2 Å². The van der Waals surface area contributed by atoms with E-state index >= 15 is 0 Å². The predicted molar refractivity (Wildman–Crippen MR) is 103 cm³/mol. The number of aromatic nitrogens is 1. The van der Waals surface area contributed by atoms with Gasteiger partial charge in [-0.15, -0.1) is 0 Å². The van der Waals surface area contributed by atoms with Crippen LogP contribution in [0.1, 0.15) is 28.0 Å². The van der Waals surface area contributed by atoms with Crippen molar-refractivity contribution < 1.29 is 22.8 Å². The van der Waals surface area contributed by atoms with Crippen LogP contribution >= 0.6 is 0 Å². The van der Waals surface area contributed by atoms with Gasteiger partial charge in [0.15, 0.2) is 5.78 Å². The van der Waals surface area contributed by atoms with Crippen LogP contribution in [0, 0.1) is 11.3 Å². The maximum Gasteiger partial charge on any atom is 0.416 e. The van der Waals surface area contributed by atoms with Crippen molar-refractivity contribution in [3.05, 3.63) is 83.7 Å². The lowest BCUT2D eigenvalue weighted by Crippen LogP contribution is -2.17. The second-order valence-electron chi connectivity index (χ2n) is 6.35. The summed E-state index contributed by atoms with van der Waals surface area (Å²) in [6.45, 7) is 0. The van der Waals surface area contributed by atoms with Crippen LogP contribution in [0.3, 0.4) is 0 Å². The Morgan fingerprint density at radius 1 is 1.00 bits per heavy atom. The van der Waals surface area contributed by atoms with Crippen LogP contribution < -0.4 is 5.32 Å². The molecule has 1 N–H and O–H groups in total. The fourth-order valence-corrected chi connectivity index (χ4v) is 2.73. The van der Waals surface area contributed by atoms with Crippen molar-refractivity contribution in [1.82, 2.24) is 4.98 Å². The lowest BCUT2D eigenvalue weighted by Gasteiger charge is -2.10. The zero-order chi connectivity index (χ0) is 21.7. The van der Waals surface area contributed by atoms with Gasteiger partial charge in [0.05, 0.1) is 12.0 Å². The summed E-state index contributed by atoms with van der Waals surface area (Å²) in [4.78, 5) is 28.6. The number of ketones is 1. The number of halogens is 3. The maximum atomic E-state index is 12.8. The molecule has 1 amide bonds. The number of alkyl halides is 3. The van der Waals surface area contributed by atoms with Crippen molar-refractivity contribution in [3.63, 3.8) is 0 Å². The first-order valence-electron chi connectivity index (χ1n) is 8.73. The van der Waals surface area contributed by atoms with E-state index in [1.165, 1.54) is 18.3 Å². The molecule has 0 bridgehead atoms. The largest absolute Gasteiger partial charge is 0.416 e. The molecule has 5 nitrogen and oxygen atoms in total. The van der Waals surface area contributed by atoms with Crippen LogP contribution in [0.15, 0.2) is 66.9 Å². The van der Waals surface area contributed by atoms with E-state index in [2.05, 4.69) is 10.3 Å². The molecule has 8 heteroatoms. The number of hydrogen-bond donors (Lipinski definition) is 1. The fraction of sp³-hybridized carbons (Fsp3) is 0.0909. The van der Waals surface area contributed by atoms with Gasteiger partial charge in [-0.05, 0) is 42.0 Å². The summed E-state index contributed by atoms with van der Waals surface area (Å²) >= 11 is 0. The Hall–Kier alpha value is -3.99. The molecule has 0 atom stereocenters. The number of Topliss-reactive ketones (excluding diaryl/α,β-unsaturated/α-hetero) is 1. The molecule has 0 saturated carbocycles. The molecule has 0 aliphatic carbocycles. The molecule has 0 radical (unpaired) electrons. The van der Waals surface area contributed by atoms with E-state index < -0.39 is 29.9 Å². The van der Waals surface area contributed by atoms with Gasteiger partial charge in [-0.25, -0.2) is 4.98 Å². The average Bonchev–Trinajstić information content (AvgIpc) is 2.73. The molecule has 0 saturated heterocycles. The summed E-state index contributed by atoms with van der Waals surface area (Å²) in [7, 11) is 0. The Morgan fingerprint density at radius 2 is 1.77 bits per heavy atom. The van der Waals surface area contributed by atoms with Gasteiger partial charge in [-0.3, -0.25) is 9.59 Å². The highest BCUT2D eigenvalue weighted by Gasteiger charge is 2.30. The van der Waals surface area contributed by atoms with Crippen LogP contribution in [0.4, 0.5) is 18.9 Å². The lowest BCUT2D eigenvalue weighted by atomic mass is 10.0. The molecule has 1 aromatic heterocycles. The third-order valence-corrected chi connectivity index (χ3v) is 4.19. The van der Waals surface area contributed by atoms with Gasteiger partial charge in [0.2, 0.25) is 5.91 Å². The third-order valence-electron chi connectivity index (χ3n) is 4.19. The van der Waals surface area contributed by atoms with Crippen LogP contribution in [0.5, 0.6) is 0 Å². The van der Waals surface area contributed by atoms with Gasteiger partial charge >= 0.3 is 6.18 Å². The zero-order valence-corrected chi connectivity index (χ0v) is 15.4. The number of nitrogens with zero attached hydrogens (tertiary/aromatic N) is 2. The topological polar surface area (TPSA) is 82.8 Å². The quantitative estimate of drug-likeness (QED) is 0.482. The molecule has 0 aliphatic heterocycles. The molecule has 150 valence electrons. The Labute approximate surface area is 169 Å². The standard InChI is InChI=1S/C22H14F3N3O2/c23-22(24,25)17-5-2-6-18(10-17)28-21(30)11-20(29)15-4-1-3-14(9-15)16-7-8-19(12-26)27-13-16/h1-10,13H,11H2,(H,28,30). The van der Waals surface area contributed by atoms with Gasteiger partial charge in [-0.1, -0.05) is 24.3 Å². The Morgan fingerprint density at radius 3 is 2.43 bits per heavy atom. The van der Waals surface area contributed by atoms with Gasteiger partial charge < -0.3 is 5.32 Å². The van der Waals surface area contributed by atoms with E-state index in [1.54, 1.807) is 36.4 Å². The van der Waals surface area contributed by atoms with Gasteiger partial charge in [-0.2, -0.15) is 18.4 Å². The number of carbonyl (C=O) groups is 2. The van der Waals surface area contributed by atoms with E-state index in [4.69, 9.17) is 5.26 Å². The Kier molecular flexibility index (Phi) is 5.93. The highest BCUT2D eigenvalue weighted by atomic mass is 19.4. The second-order valence-corrected chi connectivity index (χ2v) is 6.35. The number of rotatable bonds is 5. The number of pyridine rings is 1. The summed E-state index contributed by atoms with van der Waals surface area (Å²) in [5, 5.41) is 11.1. The predicted octanol–water partition coefficient (Wildman–Crippen LogP) is 4.85. The number of hydrogen-bond acceptors (Lipinski definition) is 4. The number of benzene rings is 2. The molecule has 3 aromatic rings. The summed E-state index contributed by atoms with van der Waals surface area (Å²) in [6, 6.07) is 15.9. The number of nitriles is 1. The molecule has 1 heterocycles. The van der Waals surface area contributed by atoms with Crippen molar-refractivity contribution in [2.75, 3.05) is 5.32 Å². The molecular formula is C22H14F3N3O2. The number of amides is 1.